The largest absolute Gasteiger partial charge is 0.466 e. The minimum Gasteiger partial charge on any atom is -0.466 e. The van der Waals surface area contributed by atoms with Crippen molar-refractivity contribution in [3.63, 3.8) is 0 Å². The normalized spacial score (nSPS) is 20.8. The first kappa shape index (κ1) is 20.7. The van der Waals surface area contributed by atoms with Crippen LogP contribution in [0.2, 0.25) is 0 Å². The Morgan fingerprint density at radius 1 is 0.844 bits per heavy atom. The Labute approximate surface area is 190 Å². The first-order valence-electron chi connectivity index (χ1n) is 10.6. The van der Waals surface area contributed by atoms with Crippen LogP contribution in [0.15, 0.2) is 94.8 Å². The number of hydrogen-bond donors (Lipinski definition) is 0. The SMILES string of the molecule is COC(=O)/C=C/S(=O)C(=C(C)C)C12c3ccccc3C(c3ccccc31)c1ccccc12. The molecule has 0 radical (unpaired) electrons. The van der Waals surface area contributed by atoms with E-state index in [4.69, 9.17) is 4.74 Å². The number of allylic oxidation sites excluding steroid dienone is 2. The highest BCUT2D eigenvalue weighted by atomic mass is 32.2. The van der Waals surface area contributed by atoms with Crippen LogP contribution in [0.3, 0.4) is 0 Å². The van der Waals surface area contributed by atoms with Crippen molar-refractivity contribution in [1.29, 1.82) is 0 Å². The molecule has 4 heteroatoms. The number of methoxy groups -OCH3 is 1. The zero-order valence-electron chi connectivity index (χ0n) is 18.3. The van der Waals surface area contributed by atoms with Crippen LogP contribution >= 0.6 is 0 Å². The van der Waals surface area contributed by atoms with Gasteiger partial charge in [0.05, 0.1) is 23.3 Å². The van der Waals surface area contributed by atoms with Crippen LogP contribution < -0.4 is 0 Å². The summed E-state index contributed by atoms with van der Waals surface area (Å²) in [6.07, 6.45) is 1.26. The summed E-state index contributed by atoms with van der Waals surface area (Å²) in [5.74, 6) is -0.365. The predicted molar refractivity (Wildman–Crippen MR) is 128 cm³/mol. The van der Waals surface area contributed by atoms with Gasteiger partial charge in [0.1, 0.15) is 0 Å². The topological polar surface area (TPSA) is 43.4 Å². The summed E-state index contributed by atoms with van der Waals surface area (Å²) < 4.78 is 18.6. The molecule has 3 nitrogen and oxygen atoms in total. The van der Waals surface area contributed by atoms with Gasteiger partial charge in [0.25, 0.3) is 0 Å². The van der Waals surface area contributed by atoms with Crippen LogP contribution in [0.5, 0.6) is 0 Å². The minimum atomic E-state index is -1.55. The van der Waals surface area contributed by atoms with Crippen LogP contribution in [-0.4, -0.2) is 17.3 Å². The Balaban J connectivity index is 1.91. The van der Waals surface area contributed by atoms with E-state index in [1.165, 1.54) is 52.0 Å². The number of benzene rings is 3. The summed E-state index contributed by atoms with van der Waals surface area (Å²) in [7, 11) is -0.225. The maximum Gasteiger partial charge on any atom is 0.331 e. The Morgan fingerprint density at radius 2 is 1.28 bits per heavy atom. The summed E-state index contributed by atoms with van der Waals surface area (Å²) in [5.41, 5.74) is 7.52. The fourth-order valence-electron chi connectivity index (χ4n) is 5.56. The molecule has 3 aliphatic rings. The first-order chi connectivity index (χ1) is 15.5. The van der Waals surface area contributed by atoms with E-state index < -0.39 is 22.2 Å². The number of hydrogen-bond acceptors (Lipinski definition) is 3. The van der Waals surface area contributed by atoms with Gasteiger partial charge in [0.15, 0.2) is 0 Å². The zero-order valence-corrected chi connectivity index (χ0v) is 19.1. The van der Waals surface area contributed by atoms with Crippen LogP contribution in [-0.2, 0) is 25.7 Å². The highest BCUT2D eigenvalue weighted by molar-refractivity contribution is 7.92. The smallest absolute Gasteiger partial charge is 0.331 e. The van der Waals surface area contributed by atoms with E-state index in [9.17, 15) is 9.00 Å². The molecule has 0 aromatic heterocycles. The van der Waals surface area contributed by atoms with Gasteiger partial charge < -0.3 is 4.74 Å². The summed E-state index contributed by atoms with van der Waals surface area (Å²) in [6.45, 7) is 4.00. The van der Waals surface area contributed by atoms with Crippen molar-refractivity contribution in [3.05, 3.63) is 128 Å². The summed E-state index contributed by atoms with van der Waals surface area (Å²) >= 11 is 0. The molecule has 0 heterocycles. The van der Waals surface area contributed by atoms with E-state index in [0.29, 0.717) is 0 Å². The molecule has 2 bridgehead atoms. The van der Waals surface area contributed by atoms with E-state index in [0.717, 1.165) is 10.5 Å². The molecule has 1 unspecified atom stereocenters. The molecule has 0 amide bonds. The molecule has 3 aliphatic carbocycles. The van der Waals surface area contributed by atoms with Crippen molar-refractivity contribution in [2.24, 2.45) is 0 Å². The van der Waals surface area contributed by atoms with E-state index in [2.05, 4.69) is 72.8 Å². The van der Waals surface area contributed by atoms with Crippen molar-refractivity contribution in [1.82, 2.24) is 0 Å². The maximum absolute atomic E-state index is 13.9. The third-order valence-electron chi connectivity index (χ3n) is 6.55. The molecule has 6 rings (SSSR count). The molecule has 0 saturated carbocycles. The van der Waals surface area contributed by atoms with Gasteiger partial charge in [0, 0.05) is 22.3 Å². The third-order valence-corrected chi connectivity index (χ3v) is 8.05. The number of carbonyl (C=O) groups excluding carboxylic acids is 1. The second kappa shape index (κ2) is 7.72. The fraction of sp³-hybridized carbons (Fsp3) is 0.179. The molecular weight excluding hydrogens is 416 g/mol. The lowest BCUT2D eigenvalue weighted by atomic mass is 9.52. The highest BCUT2D eigenvalue weighted by Crippen LogP contribution is 2.62. The summed E-state index contributed by atoms with van der Waals surface area (Å²) in [4.78, 5) is 12.6. The second-order valence-electron chi connectivity index (χ2n) is 8.40. The van der Waals surface area contributed by atoms with Crippen molar-refractivity contribution >= 4 is 16.8 Å². The van der Waals surface area contributed by atoms with Gasteiger partial charge in [0.2, 0.25) is 0 Å². The molecule has 0 spiro atoms. The molecular formula is C28H24O3S. The summed E-state index contributed by atoms with van der Waals surface area (Å²) in [5, 5.41) is 1.46. The number of carbonyl (C=O) groups is 1. The Bertz CT molecular complexity index is 1210. The molecule has 0 saturated heterocycles. The van der Waals surface area contributed by atoms with E-state index >= 15 is 0 Å². The van der Waals surface area contributed by atoms with Gasteiger partial charge in [-0.15, -0.1) is 0 Å². The van der Waals surface area contributed by atoms with Crippen LogP contribution in [0.1, 0.15) is 53.1 Å². The lowest BCUT2D eigenvalue weighted by Crippen LogP contribution is -2.44. The average Bonchev–Trinajstić information content (AvgIpc) is 2.82. The fourth-order valence-corrected chi connectivity index (χ4v) is 6.96. The van der Waals surface area contributed by atoms with Crippen molar-refractivity contribution in [2.75, 3.05) is 7.11 Å². The quantitative estimate of drug-likeness (QED) is 0.394. The van der Waals surface area contributed by atoms with Gasteiger partial charge in [-0.05, 0) is 47.2 Å². The lowest BCUT2D eigenvalue weighted by molar-refractivity contribution is -0.134. The standard InChI is InChI=1S/C28H24O3S/c1-18(2)27(32(30)17-16-25(29)31-3)28-22-13-7-4-10-19(22)26(20-11-5-8-14-23(20)28)21-12-6-9-15-24(21)28/h4-17,26H,1-3H3/b17-16+. The molecule has 160 valence electrons. The van der Waals surface area contributed by atoms with Gasteiger partial charge in [-0.2, -0.15) is 0 Å². The second-order valence-corrected chi connectivity index (χ2v) is 9.67. The Kier molecular flexibility index (Phi) is 4.98. The molecule has 0 N–H and O–H groups in total. The van der Waals surface area contributed by atoms with Gasteiger partial charge in [-0.3, -0.25) is 0 Å². The number of ether oxygens (including phenoxy) is 1. The Morgan fingerprint density at radius 3 is 1.69 bits per heavy atom. The van der Waals surface area contributed by atoms with Gasteiger partial charge >= 0.3 is 5.97 Å². The molecule has 3 aromatic carbocycles. The van der Waals surface area contributed by atoms with Crippen molar-refractivity contribution in [2.45, 2.75) is 25.2 Å². The monoisotopic (exact) mass is 440 g/mol. The van der Waals surface area contributed by atoms with Crippen LogP contribution in [0.25, 0.3) is 0 Å². The molecule has 32 heavy (non-hydrogen) atoms. The average molecular weight is 441 g/mol. The van der Waals surface area contributed by atoms with E-state index in [1.807, 2.05) is 13.8 Å². The van der Waals surface area contributed by atoms with Crippen LogP contribution in [0.4, 0.5) is 0 Å². The first-order valence-corrected chi connectivity index (χ1v) is 11.9. The minimum absolute atomic E-state index is 0.151. The summed E-state index contributed by atoms with van der Waals surface area (Å²) in [6, 6.07) is 25.5. The third kappa shape index (κ3) is 2.72. The van der Waals surface area contributed by atoms with Gasteiger partial charge in [-0.25, -0.2) is 9.00 Å². The van der Waals surface area contributed by atoms with Gasteiger partial charge in [-0.1, -0.05) is 78.4 Å². The van der Waals surface area contributed by atoms with Crippen molar-refractivity contribution < 1.29 is 13.7 Å². The zero-order chi connectivity index (χ0) is 22.5. The molecule has 0 fully saturated rings. The van der Waals surface area contributed by atoms with E-state index in [-0.39, 0.29) is 5.92 Å². The predicted octanol–water partition coefficient (Wildman–Crippen LogP) is 5.56. The van der Waals surface area contributed by atoms with Crippen molar-refractivity contribution in [3.8, 4) is 0 Å². The molecule has 1 atom stereocenters. The number of rotatable bonds is 4. The lowest BCUT2D eigenvalue weighted by Gasteiger charge is -2.51. The highest BCUT2D eigenvalue weighted by Gasteiger charge is 2.54. The van der Waals surface area contributed by atoms with Crippen LogP contribution in [0, 0.1) is 0 Å². The maximum atomic E-state index is 13.9. The molecule has 0 aliphatic heterocycles. The van der Waals surface area contributed by atoms with E-state index in [1.54, 1.807) is 0 Å². The Hall–Kier alpha value is -3.24. The number of esters is 1. The molecule has 3 aromatic rings.